The van der Waals surface area contributed by atoms with Gasteiger partial charge in [-0.25, -0.2) is 4.79 Å². The maximum Gasteiger partial charge on any atom is 0.364 e. The third-order valence-corrected chi connectivity index (χ3v) is 2.46. The minimum Gasteiger partial charge on any atom is -0.790 e. The van der Waals surface area contributed by atoms with Gasteiger partial charge in [0.1, 0.15) is 6.10 Å². The van der Waals surface area contributed by atoms with Crippen LogP contribution in [0.3, 0.4) is 0 Å². The van der Waals surface area contributed by atoms with Crippen molar-refractivity contribution in [2.75, 3.05) is 6.61 Å². The molecule has 9 nitrogen and oxygen atoms in total. The average Bonchev–Trinajstić information content (AvgIpc) is 2.38. The van der Waals surface area contributed by atoms with Gasteiger partial charge in [-0.1, -0.05) is 0 Å². The normalized spacial score (nSPS) is 35.2. The van der Waals surface area contributed by atoms with Crippen LogP contribution in [0.1, 0.15) is 6.42 Å². The van der Waals surface area contributed by atoms with Crippen molar-refractivity contribution in [1.82, 2.24) is 0 Å². The van der Waals surface area contributed by atoms with Crippen LogP contribution >= 0.6 is 7.82 Å². The van der Waals surface area contributed by atoms with Gasteiger partial charge >= 0.3 is 5.97 Å². The van der Waals surface area contributed by atoms with E-state index in [1.165, 1.54) is 0 Å². The number of ether oxygens (including phenoxy) is 1. The lowest BCUT2D eigenvalue weighted by Gasteiger charge is -2.30. The van der Waals surface area contributed by atoms with Gasteiger partial charge in [-0.3, -0.25) is 0 Å². The Morgan fingerprint density at radius 2 is 2.19 bits per heavy atom. The van der Waals surface area contributed by atoms with Crippen LogP contribution in [0.25, 0.3) is 0 Å². The molecule has 1 saturated heterocycles. The molecule has 1 aliphatic heterocycles. The molecule has 0 aliphatic carbocycles. The maximum absolute atomic E-state index is 10.5. The summed E-state index contributed by atoms with van der Waals surface area (Å²) >= 11 is 0. The van der Waals surface area contributed by atoms with Gasteiger partial charge in [0.2, 0.25) is 0 Å². The molecule has 0 aromatic heterocycles. The number of rotatable bonds is 4. The number of aliphatic hydroxyl groups is 2. The molecule has 1 rings (SSSR count). The van der Waals surface area contributed by atoms with Crippen LogP contribution < -0.4 is 9.79 Å². The van der Waals surface area contributed by atoms with Gasteiger partial charge in [0.25, 0.3) is 5.79 Å². The van der Waals surface area contributed by atoms with Crippen LogP contribution in [0.2, 0.25) is 0 Å². The van der Waals surface area contributed by atoms with Gasteiger partial charge in [0.15, 0.2) is 0 Å². The molecule has 3 N–H and O–H groups in total. The predicted octanol–water partition coefficient (Wildman–Crippen LogP) is -3.25. The standard InChI is InChI=1S/C6H11O9P/c7-3-1-6(10,5(8)9)15-4(3)2-14-16(11,12)13/h3-4,7,10H,1-2H2,(H,8,9)(H2,11,12,13)/p-2/t3-,4-,6?/m1/s1. The zero-order valence-electron chi connectivity index (χ0n) is 7.81. The van der Waals surface area contributed by atoms with Crippen molar-refractivity contribution < 1.29 is 43.7 Å². The predicted molar refractivity (Wildman–Crippen MR) is 41.6 cm³/mol. The van der Waals surface area contributed by atoms with E-state index in [4.69, 9.17) is 5.11 Å². The van der Waals surface area contributed by atoms with E-state index in [1.807, 2.05) is 0 Å². The summed E-state index contributed by atoms with van der Waals surface area (Å²) in [6.07, 6.45) is -3.47. The molecular formula is C6H9O9P-2. The summed E-state index contributed by atoms with van der Waals surface area (Å²) in [6.45, 7) is -0.846. The Morgan fingerprint density at radius 1 is 1.62 bits per heavy atom. The van der Waals surface area contributed by atoms with Crippen molar-refractivity contribution in [3.63, 3.8) is 0 Å². The second kappa shape index (κ2) is 4.38. The largest absolute Gasteiger partial charge is 0.790 e. The summed E-state index contributed by atoms with van der Waals surface area (Å²) in [5.41, 5.74) is 0. The lowest BCUT2D eigenvalue weighted by atomic mass is 10.1. The molecular weight excluding hydrogens is 247 g/mol. The molecule has 1 unspecified atom stereocenters. The van der Waals surface area contributed by atoms with Crippen LogP contribution in [-0.2, 0) is 18.6 Å². The summed E-state index contributed by atoms with van der Waals surface area (Å²) in [4.78, 5) is 30.8. The minimum absolute atomic E-state index is 0.641. The second-order valence-corrected chi connectivity index (χ2v) is 4.41. The number of phosphoric acid groups is 1. The van der Waals surface area contributed by atoms with Crippen LogP contribution in [-0.4, -0.2) is 45.9 Å². The zero-order chi connectivity index (χ0) is 12.6. The van der Waals surface area contributed by atoms with Crippen LogP contribution in [0.5, 0.6) is 0 Å². The van der Waals surface area contributed by atoms with Crippen molar-refractivity contribution in [3.05, 3.63) is 0 Å². The molecule has 0 aromatic carbocycles. The summed E-state index contributed by atoms with van der Waals surface area (Å²) in [5.74, 6) is -4.31. The Kier molecular flexibility index (Phi) is 3.70. The van der Waals surface area contributed by atoms with E-state index in [2.05, 4.69) is 9.26 Å². The first-order valence-electron chi connectivity index (χ1n) is 4.12. The van der Waals surface area contributed by atoms with E-state index >= 15 is 0 Å². The van der Waals surface area contributed by atoms with Crippen LogP contribution in [0, 0.1) is 0 Å². The quantitative estimate of drug-likeness (QED) is 0.439. The van der Waals surface area contributed by atoms with Crippen molar-refractivity contribution in [1.29, 1.82) is 0 Å². The highest BCUT2D eigenvalue weighted by atomic mass is 31.2. The van der Waals surface area contributed by atoms with Gasteiger partial charge in [0.05, 0.1) is 20.5 Å². The van der Waals surface area contributed by atoms with E-state index in [9.17, 15) is 29.4 Å². The fourth-order valence-corrected chi connectivity index (χ4v) is 1.57. The monoisotopic (exact) mass is 256 g/mol. The Labute approximate surface area is 89.5 Å². The lowest BCUT2D eigenvalue weighted by Crippen LogP contribution is -2.39. The number of carboxylic acid groups (broad SMARTS) is 1. The summed E-state index contributed by atoms with van der Waals surface area (Å²) in [7, 11) is -5.23. The first-order chi connectivity index (χ1) is 7.14. The Morgan fingerprint density at radius 3 is 2.56 bits per heavy atom. The fourth-order valence-electron chi connectivity index (χ4n) is 1.24. The lowest BCUT2D eigenvalue weighted by molar-refractivity contribution is -0.343. The average molecular weight is 256 g/mol. The van der Waals surface area contributed by atoms with E-state index in [-0.39, 0.29) is 0 Å². The molecule has 16 heavy (non-hydrogen) atoms. The second-order valence-electron chi connectivity index (χ2n) is 3.26. The summed E-state index contributed by atoms with van der Waals surface area (Å²) in [6, 6.07) is 0. The van der Waals surface area contributed by atoms with Crippen molar-refractivity contribution in [2.24, 2.45) is 0 Å². The number of aliphatic carboxylic acids is 1. The number of phosphoric ester groups is 1. The molecule has 0 saturated carbocycles. The molecule has 10 heteroatoms. The van der Waals surface area contributed by atoms with Gasteiger partial charge in [-0.05, 0) is 0 Å². The van der Waals surface area contributed by atoms with Gasteiger partial charge in [0, 0.05) is 6.42 Å². The summed E-state index contributed by atoms with van der Waals surface area (Å²) in [5, 5.41) is 27.1. The highest BCUT2D eigenvalue weighted by Gasteiger charge is 2.50. The molecule has 3 atom stereocenters. The van der Waals surface area contributed by atoms with Gasteiger partial charge < -0.3 is 38.9 Å². The molecule has 0 spiro atoms. The minimum atomic E-state index is -5.23. The molecule has 0 radical (unpaired) electrons. The topological polar surface area (TPSA) is 159 Å². The Balaban J connectivity index is 2.59. The third-order valence-electron chi connectivity index (χ3n) is 1.99. The number of carboxylic acids is 1. The van der Waals surface area contributed by atoms with E-state index in [1.54, 1.807) is 0 Å². The zero-order valence-corrected chi connectivity index (χ0v) is 8.70. The maximum atomic E-state index is 10.5. The SMILES string of the molecule is O=C(O)C1(O)C[C@@H](O)[C@@H](COP(=O)([O-])[O-])O1. The van der Waals surface area contributed by atoms with Crippen molar-refractivity contribution in [2.45, 2.75) is 24.4 Å². The number of aliphatic hydroxyl groups excluding tert-OH is 1. The number of carbonyl (C=O) groups is 1. The Hall–Kier alpha value is -0.540. The van der Waals surface area contributed by atoms with Crippen molar-refractivity contribution >= 4 is 13.8 Å². The molecule has 1 heterocycles. The number of hydrogen-bond acceptors (Lipinski definition) is 8. The molecule has 94 valence electrons. The van der Waals surface area contributed by atoms with Gasteiger partial charge in [-0.2, -0.15) is 0 Å². The van der Waals surface area contributed by atoms with Crippen LogP contribution in [0.15, 0.2) is 0 Å². The highest BCUT2D eigenvalue weighted by Crippen LogP contribution is 2.32. The first-order valence-corrected chi connectivity index (χ1v) is 5.58. The third kappa shape index (κ3) is 3.22. The molecule has 0 amide bonds. The van der Waals surface area contributed by atoms with E-state index in [0.29, 0.717) is 0 Å². The summed E-state index contributed by atoms with van der Waals surface area (Å²) < 4.78 is 18.4. The van der Waals surface area contributed by atoms with Crippen molar-refractivity contribution in [3.8, 4) is 0 Å². The van der Waals surface area contributed by atoms with E-state index < -0.39 is 44.8 Å². The molecule has 0 aromatic rings. The highest BCUT2D eigenvalue weighted by molar-refractivity contribution is 7.43. The molecule has 1 fully saturated rings. The van der Waals surface area contributed by atoms with Gasteiger partial charge in [-0.15, -0.1) is 0 Å². The fraction of sp³-hybridized carbons (Fsp3) is 0.833. The molecule has 1 aliphatic rings. The van der Waals surface area contributed by atoms with Crippen LogP contribution in [0.4, 0.5) is 0 Å². The Bertz CT molecular complexity index is 324. The smallest absolute Gasteiger partial charge is 0.364 e. The number of hydrogen-bond donors (Lipinski definition) is 3. The van der Waals surface area contributed by atoms with E-state index in [0.717, 1.165) is 0 Å². The molecule has 0 bridgehead atoms. The first kappa shape index (κ1) is 13.5.